The molecule has 0 aromatic heterocycles. The van der Waals surface area contributed by atoms with Gasteiger partial charge in [0.05, 0.1) is 17.4 Å². The molecule has 0 radical (unpaired) electrons. The number of likely N-dealkylation sites (N-methyl/N-ethyl adjacent to an activating group) is 1. The number of esters is 1. The number of ether oxygens (including phenoxy) is 2. The summed E-state index contributed by atoms with van der Waals surface area (Å²) in [4.78, 5) is 25.4. The molecule has 2 aliphatic heterocycles. The van der Waals surface area contributed by atoms with Crippen molar-refractivity contribution in [3.8, 4) is 11.5 Å². The van der Waals surface area contributed by atoms with Gasteiger partial charge in [-0.2, -0.15) is 0 Å². The van der Waals surface area contributed by atoms with E-state index in [1.807, 2.05) is 13.1 Å². The molecule has 9 nitrogen and oxygen atoms in total. The molecule has 0 amide bonds. The Morgan fingerprint density at radius 2 is 2.16 bits per heavy atom. The minimum atomic E-state index is -1.87. The number of phenolic OH excluding ortho intramolecular Hbond substituents is 1. The number of aliphatic carboxylic acids is 1. The lowest BCUT2D eigenvalue weighted by Crippen LogP contribution is -2.69. The number of carboxylic acids is 1. The molecule has 31 heavy (non-hydrogen) atoms. The molecule has 4 N–H and O–H groups in total. The Morgan fingerprint density at radius 3 is 2.90 bits per heavy atom. The number of aliphatic hydroxyl groups is 2. The van der Waals surface area contributed by atoms with E-state index < -0.39 is 41.6 Å². The van der Waals surface area contributed by atoms with Gasteiger partial charge in [0.25, 0.3) is 0 Å². The molecule has 0 saturated carbocycles. The zero-order valence-electron chi connectivity index (χ0n) is 17.1. The second-order valence-electron chi connectivity index (χ2n) is 8.99. The Hall–Kier alpha value is -2.62. The van der Waals surface area contributed by atoms with E-state index >= 15 is 0 Å². The molecule has 1 aromatic rings. The number of aromatic hydroxyl groups is 1. The van der Waals surface area contributed by atoms with Crippen molar-refractivity contribution >= 4 is 11.9 Å². The standard InChI is InChI=1S/C22H25NO8/c1-23-8-2-6-21-17-11-3-4-12(24)18(17)31-19(21)14(5-7-22(21,29)15(23)9-11)30-16(26)10-13(25)20(27)28/h3-5,13,15,19,24-25,29H,2,6-10H2,1H3,(H,27,28)/t13-,15-,19+,21+,22-/m1/s1. The SMILES string of the molecule is CN1CCC[C@]23c4c5ccc(O)c4O[C@H]2C(OC(=O)C[C@@H](O)C(=O)O)=CC[C@@]3(O)[C@H]1C5. The van der Waals surface area contributed by atoms with Gasteiger partial charge in [-0.15, -0.1) is 0 Å². The smallest absolute Gasteiger partial charge is 0.333 e. The van der Waals surface area contributed by atoms with E-state index in [1.54, 1.807) is 12.1 Å². The van der Waals surface area contributed by atoms with Crippen LogP contribution in [0.4, 0.5) is 0 Å². The number of carbonyl (C=O) groups is 2. The maximum absolute atomic E-state index is 12.3. The quantitative estimate of drug-likeness (QED) is 0.501. The highest BCUT2D eigenvalue weighted by Gasteiger charge is 2.71. The van der Waals surface area contributed by atoms with Crippen LogP contribution in [0.25, 0.3) is 0 Å². The van der Waals surface area contributed by atoms with Crippen molar-refractivity contribution in [2.45, 2.75) is 61.4 Å². The minimum absolute atomic E-state index is 0.0343. The number of rotatable bonds is 4. The summed E-state index contributed by atoms with van der Waals surface area (Å²) in [5.41, 5.74) is -0.322. The van der Waals surface area contributed by atoms with E-state index in [1.165, 1.54) is 0 Å². The minimum Gasteiger partial charge on any atom is -0.504 e. The van der Waals surface area contributed by atoms with Crippen molar-refractivity contribution in [1.82, 2.24) is 4.90 Å². The van der Waals surface area contributed by atoms with Crippen LogP contribution in [-0.4, -0.2) is 74.7 Å². The van der Waals surface area contributed by atoms with Gasteiger partial charge in [0.2, 0.25) is 0 Å². The summed E-state index contributed by atoms with van der Waals surface area (Å²) in [7, 11) is 1.99. The summed E-state index contributed by atoms with van der Waals surface area (Å²) < 4.78 is 11.7. The number of phenols is 1. The predicted octanol–water partition coefficient (Wildman–Crippen LogP) is 0.439. The Morgan fingerprint density at radius 1 is 1.39 bits per heavy atom. The van der Waals surface area contributed by atoms with Crippen LogP contribution in [0.2, 0.25) is 0 Å². The summed E-state index contributed by atoms with van der Waals surface area (Å²) in [6.07, 6.45) is 0.401. The number of carboxylic acid groups (broad SMARTS) is 1. The van der Waals surface area contributed by atoms with Crippen LogP contribution in [-0.2, 0) is 26.2 Å². The fourth-order valence-electron chi connectivity index (χ4n) is 6.11. The van der Waals surface area contributed by atoms with Crippen molar-refractivity contribution in [1.29, 1.82) is 0 Å². The highest BCUT2D eigenvalue weighted by Crippen LogP contribution is 2.64. The fourth-order valence-corrected chi connectivity index (χ4v) is 6.11. The third-order valence-corrected chi connectivity index (χ3v) is 7.45. The van der Waals surface area contributed by atoms with Crippen LogP contribution >= 0.6 is 0 Å². The van der Waals surface area contributed by atoms with E-state index in [0.29, 0.717) is 18.6 Å². The first kappa shape index (κ1) is 20.3. The predicted molar refractivity (Wildman–Crippen MR) is 106 cm³/mol. The average Bonchev–Trinajstić information content (AvgIpc) is 3.05. The number of hydrogen-bond donors (Lipinski definition) is 4. The lowest BCUT2D eigenvalue weighted by atomic mass is 9.52. The summed E-state index contributed by atoms with van der Waals surface area (Å²) >= 11 is 0. The van der Waals surface area contributed by atoms with Crippen molar-refractivity contribution in [3.05, 3.63) is 35.1 Å². The van der Waals surface area contributed by atoms with Gasteiger partial charge < -0.3 is 34.8 Å². The largest absolute Gasteiger partial charge is 0.504 e. The molecule has 2 aliphatic carbocycles. The van der Waals surface area contributed by atoms with Gasteiger partial charge in [0, 0.05) is 18.0 Å². The van der Waals surface area contributed by atoms with Gasteiger partial charge >= 0.3 is 11.9 Å². The molecule has 9 heteroatoms. The molecule has 1 saturated heterocycles. The molecule has 5 rings (SSSR count). The van der Waals surface area contributed by atoms with Crippen LogP contribution in [0.5, 0.6) is 11.5 Å². The second-order valence-corrected chi connectivity index (χ2v) is 8.99. The molecular formula is C22H25NO8. The number of nitrogens with zero attached hydrogens (tertiary/aromatic N) is 1. The van der Waals surface area contributed by atoms with Gasteiger partial charge in [0.1, 0.15) is 5.76 Å². The number of benzene rings is 1. The Kier molecular flexibility index (Phi) is 4.38. The molecule has 2 bridgehead atoms. The Labute approximate surface area is 178 Å². The molecule has 166 valence electrons. The zero-order valence-corrected chi connectivity index (χ0v) is 17.1. The number of carbonyl (C=O) groups excluding carboxylic acids is 1. The topological polar surface area (TPSA) is 137 Å². The number of aliphatic hydroxyl groups excluding tert-OH is 1. The third-order valence-electron chi connectivity index (χ3n) is 7.45. The maximum atomic E-state index is 12.3. The van der Waals surface area contributed by atoms with Gasteiger partial charge in [-0.3, -0.25) is 4.79 Å². The normalized spacial score (nSPS) is 34.1. The monoisotopic (exact) mass is 431 g/mol. The van der Waals surface area contributed by atoms with Crippen molar-refractivity contribution in [2.24, 2.45) is 0 Å². The van der Waals surface area contributed by atoms with Gasteiger partial charge in [0.15, 0.2) is 23.7 Å². The first-order chi connectivity index (χ1) is 14.7. The van der Waals surface area contributed by atoms with E-state index in [4.69, 9.17) is 14.6 Å². The molecule has 1 spiro atoms. The molecule has 1 aromatic carbocycles. The van der Waals surface area contributed by atoms with Crippen LogP contribution in [0.3, 0.4) is 0 Å². The first-order valence-corrected chi connectivity index (χ1v) is 10.5. The highest BCUT2D eigenvalue weighted by atomic mass is 16.6. The average molecular weight is 431 g/mol. The van der Waals surface area contributed by atoms with Crippen molar-refractivity contribution < 1.29 is 39.5 Å². The van der Waals surface area contributed by atoms with Crippen LogP contribution < -0.4 is 4.74 Å². The van der Waals surface area contributed by atoms with Gasteiger partial charge in [-0.05, 0) is 50.6 Å². The summed E-state index contributed by atoms with van der Waals surface area (Å²) in [5.74, 6) is -1.96. The number of likely N-dealkylation sites (tertiary alicyclic amines) is 1. The molecule has 0 unspecified atom stereocenters. The third kappa shape index (κ3) is 2.60. The van der Waals surface area contributed by atoms with Crippen LogP contribution in [0.15, 0.2) is 24.0 Å². The van der Waals surface area contributed by atoms with Crippen LogP contribution in [0.1, 0.15) is 36.8 Å². The van der Waals surface area contributed by atoms with Crippen LogP contribution in [0, 0.1) is 0 Å². The highest BCUT2D eigenvalue weighted by molar-refractivity contribution is 5.81. The van der Waals surface area contributed by atoms with E-state index in [0.717, 1.165) is 24.1 Å². The van der Waals surface area contributed by atoms with E-state index in [9.17, 15) is 24.9 Å². The summed E-state index contributed by atoms with van der Waals surface area (Å²) in [5, 5.41) is 41.0. The Bertz CT molecular complexity index is 1010. The van der Waals surface area contributed by atoms with Gasteiger partial charge in [-0.1, -0.05) is 6.07 Å². The fraction of sp³-hybridized carbons (Fsp3) is 0.545. The molecular weight excluding hydrogens is 406 g/mol. The first-order valence-electron chi connectivity index (χ1n) is 10.5. The summed E-state index contributed by atoms with van der Waals surface area (Å²) in [6, 6.07) is 3.27. The zero-order chi connectivity index (χ0) is 22.1. The molecule has 5 atom stereocenters. The lowest BCUT2D eigenvalue weighted by Gasteiger charge is -2.56. The second kappa shape index (κ2) is 6.69. The lowest BCUT2D eigenvalue weighted by molar-refractivity contribution is -0.157. The summed E-state index contributed by atoms with van der Waals surface area (Å²) in [6.45, 7) is 0.788. The van der Waals surface area contributed by atoms with Gasteiger partial charge in [-0.25, -0.2) is 4.79 Å². The number of hydrogen-bond acceptors (Lipinski definition) is 8. The van der Waals surface area contributed by atoms with Crippen molar-refractivity contribution in [3.63, 3.8) is 0 Å². The van der Waals surface area contributed by atoms with Crippen molar-refractivity contribution in [2.75, 3.05) is 13.6 Å². The Balaban J connectivity index is 1.60. The molecule has 2 heterocycles. The van der Waals surface area contributed by atoms with E-state index in [-0.39, 0.29) is 24.0 Å². The molecule has 4 aliphatic rings. The maximum Gasteiger partial charge on any atom is 0.333 e. The molecule has 1 fully saturated rings. The van der Waals surface area contributed by atoms with E-state index in [2.05, 4.69) is 4.90 Å².